The molecule has 1 aliphatic heterocycles. The van der Waals surface area contributed by atoms with Gasteiger partial charge in [-0.05, 0) is 89.6 Å². The summed E-state index contributed by atoms with van der Waals surface area (Å²) in [6, 6.07) is 13.9. The lowest BCUT2D eigenvalue weighted by Gasteiger charge is -2.36. The predicted octanol–water partition coefficient (Wildman–Crippen LogP) is 6.87. The highest BCUT2D eigenvalue weighted by atomic mass is 35.5. The van der Waals surface area contributed by atoms with E-state index in [-0.39, 0.29) is 64.3 Å². The maximum atomic E-state index is 13.7. The third-order valence-corrected chi connectivity index (χ3v) is 9.23. The Morgan fingerprint density at radius 1 is 0.918 bits per heavy atom. The van der Waals surface area contributed by atoms with Gasteiger partial charge in [0.05, 0.1) is 53.0 Å². The van der Waals surface area contributed by atoms with Crippen molar-refractivity contribution in [2.24, 2.45) is 17.8 Å². The number of phenolic OH excluding ortho intramolecular Hbond substituents is 1. The van der Waals surface area contributed by atoms with Crippen LogP contribution in [0.1, 0.15) is 41.5 Å². The van der Waals surface area contributed by atoms with Gasteiger partial charge in [0.15, 0.2) is 0 Å². The van der Waals surface area contributed by atoms with Crippen LogP contribution in [0.15, 0.2) is 77.9 Å². The second-order valence-corrected chi connectivity index (χ2v) is 12.3. The number of anilines is 1. The van der Waals surface area contributed by atoms with Crippen molar-refractivity contribution < 1.29 is 56.4 Å². The van der Waals surface area contributed by atoms with Crippen molar-refractivity contribution in [1.29, 1.82) is 0 Å². The Morgan fingerprint density at radius 2 is 1.55 bits per heavy atom. The second kappa shape index (κ2) is 14.0. The molecule has 3 aromatic rings. The fourth-order valence-corrected chi connectivity index (χ4v) is 6.88. The van der Waals surface area contributed by atoms with Crippen LogP contribution in [0.5, 0.6) is 5.75 Å². The summed E-state index contributed by atoms with van der Waals surface area (Å²) in [5, 5.41) is 42.3. The molecule has 0 bridgehead atoms. The monoisotopic (exact) mass is 709 g/mol. The normalized spacial score (nSPS) is 21.0. The van der Waals surface area contributed by atoms with Crippen LogP contribution in [0.2, 0.25) is 5.02 Å². The van der Waals surface area contributed by atoms with Crippen LogP contribution in [0, 0.1) is 17.8 Å². The molecule has 1 heterocycles. The molecule has 0 spiro atoms. The van der Waals surface area contributed by atoms with Gasteiger partial charge in [0.25, 0.3) is 0 Å². The lowest BCUT2D eigenvalue weighted by atomic mass is 9.68. The average Bonchev–Trinajstić information content (AvgIpc) is 3.30. The molecule has 5 rings (SSSR count). The van der Waals surface area contributed by atoms with Gasteiger partial charge >= 0.3 is 12.4 Å². The van der Waals surface area contributed by atoms with Crippen LogP contribution >= 0.6 is 11.6 Å². The van der Waals surface area contributed by atoms with E-state index in [0.717, 1.165) is 5.56 Å². The van der Waals surface area contributed by atoms with E-state index in [4.69, 9.17) is 11.6 Å². The molecule has 2 amide bonds. The largest absolute Gasteiger partial charge is 0.508 e. The molecule has 0 aromatic heterocycles. The number of alkyl halides is 6. The van der Waals surface area contributed by atoms with E-state index in [1.807, 2.05) is 12.1 Å². The fraction of sp³-hybridized carbons (Fsp3) is 0.314. The standard InChI is InChI=1S/C35H30ClF6NO6/c36-28-15-25(46)8-6-20(28)10-19(18-4-2-1-3-5-18)7-9-29(47)30-21(16-44)11-26-31(27(30)17-45)33(49)43(32(26)48)24-13-22(34(37,38)39)12-23(14-24)35(40,41)42/h1-6,8,10,12-15,26-27,29,31,44-47H,7,9,11,16-17H2/b19-10-/t26-,27+,29-,31-/m1/s1. The summed E-state index contributed by atoms with van der Waals surface area (Å²) in [7, 11) is 0. The van der Waals surface area contributed by atoms with Crippen LogP contribution in [0.4, 0.5) is 32.0 Å². The van der Waals surface area contributed by atoms with Crippen molar-refractivity contribution in [3.8, 4) is 5.75 Å². The molecule has 4 N–H and O–H groups in total. The van der Waals surface area contributed by atoms with Crippen molar-refractivity contribution in [2.45, 2.75) is 37.7 Å². The van der Waals surface area contributed by atoms with Gasteiger partial charge in [-0.25, -0.2) is 4.90 Å². The summed E-state index contributed by atoms with van der Waals surface area (Å²) in [6.45, 7) is -1.51. The number of aliphatic hydroxyl groups excluding tert-OH is 3. The number of amides is 2. The third kappa shape index (κ3) is 7.40. The average molecular weight is 710 g/mol. The SMILES string of the molecule is O=C1[C@@H]2[C@@H](CC(CO)=C([C@H](O)CC/C(=C/c3ccc(O)cc3Cl)c3ccccc3)[C@@H]2CO)C(=O)N1c1cc(C(F)(F)F)cc(C(F)(F)F)c1. The van der Waals surface area contributed by atoms with Crippen LogP contribution < -0.4 is 4.90 Å². The highest BCUT2D eigenvalue weighted by molar-refractivity contribution is 6.32. The molecular weight excluding hydrogens is 680 g/mol. The second-order valence-electron chi connectivity index (χ2n) is 11.9. The number of benzene rings is 3. The summed E-state index contributed by atoms with van der Waals surface area (Å²) in [4.78, 5) is 27.5. The molecule has 260 valence electrons. The molecule has 1 fully saturated rings. The maximum Gasteiger partial charge on any atom is 0.416 e. The van der Waals surface area contributed by atoms with Gasteiger partial charge in [0.2, 0.25) is 11.8 Å². The number of hydrogen-bond donors (Lipinski definition) is 4. The number of allylic oxidation sites excluding steroid dienone is 1. The van der Waals surface area contributed by atoms with E-state index >= 15 is 0 Å². The zero-order chi connectivity index (χ0) is 35.8. The van der Waals surface area contributed by atoms with E-state index in [0.29, 0.717) is 11.1 Å². The third-order valence-electron chi connectivity index (χ3n) is 8.91. The van der Waals surface area contributed by atoms with Crippen molar-refractivity contribution in [3.05, 3.63) is 105 Å². The van der Waals surface area contributed by atoms with Gasteiger partial charge in [-0.3, -0.25) is 9.59 Å². The summed E-state index contributed by atoms with van der Waals surface area (Å²) < 4.78 is 81.5. The Labute approximate surface area is 281 Å². The van der Waals surface area contributed by atoms with Crippen LogP contribution in [0.3, 0.4) is 0 Å². The molecular formula is C35H30ClF6NO6. The molecule has 3 aromatic carbocycles. The number of carbonyl (C=O) groups excluding carboxylic acids is 2. The number of aliphatic hydroxyl groups is 3. The molecule has 2 aliphatic rings. The van der Waals surface area contributed by atoms with E-state index in [9.17, 15) is 56.4 Å². The number of halogens is 7. The minimum absolute atomic E-state index is 0.0163. The zero-order valence-electron chi connectivity index (χ0n) is 25.5. The number of fused-ring (bicyclic) bond motifs is 1. The van der Waals surface area contributed by atoms with Gasteiger partial charge in [0, 0.05) is 5.92 Å². The van der Waals surface area contributed by atoms with Gasteiger partial charge in [-0.15, -0.1) is 0 Å². The van der Waals surface area contributed by atoms with Crippen molar-refractivity contribution in [2.75, 3.05) is 18.1 Å². The first-order valence-electron chi connectivity index (χ1n) is 15.1. The Kier molecular flexibility index (Phi) is 10.3. The molecule has 1 aliphatic carbocycles. The number of phenols is 1. The number of aromatic hydroxyl groups is 1. The minimum atomic E-state index is -5.23. The quantitative estimate of drug-likeness (QED) is 0.0834. The zero-order valence-corrected chi connectivity index (χ0v) is 26.2. The highest BCUT2D eigenvalue weighted by Crippen LogP contribution is 2.48. The Balaban J connectivity index is 1.47. The number of imide groups is 1. The molecule has 1 saturated heterocycles. The lowest BCUT2D eigenvalue weighted by molar-refractivity contribution is -0.143. The van der Waals surface area contributed by atoms with E-state index in [2.05, 4.69) is 0 Å². The molecule has 14 heteroatoms. The molecule has 49 heavy (non-hydrogen) atoms. The molecule has 4 atom stereocenters. The minimum Gasteiger partial charge on any atom is -0.508 e. The van der Waals surface area contributed by atoms with Crippen LogP contribution in [-0.2, 0) is 21.9 Å². The van der Waals surface area contributed by atoms with Gasteiger partial charge in [0.1, 0.15) is 5.75 Å². The van der Waals surface area contributed by atoms with Crippen molar-refractivity contribution in [3.63, 3.8) is 0 Å². The number of carbonyl (C=O) groups is 2. The number of nitrogens with zero attached hydrogens (tertiary/aromatic N) is 1. The first kappa shape index (κ1) is 36.1. The number of rotatable bonds is 9. The topological polar surface area (TPSA) is 118 Å². The Bertz CT molecular complexity index is 1770. The summed E-state index contributed by atoms with van der Waals surface area (Å²) in [5.41, 5.74) is -2.12. The molecule has 0 saturated carbocycles. The first-order valence-corrected chi connectivity index (χ1v) is 15.5. The fourth-order valence-electron chi connectivity index (χ4n) is 6.65. The van der Waals surface area contributed by atoms with Crippen molar-refractivity contribution >= 4 is 40.8 Å². The van der Waals surface area contributed by atoms with E-state index in [1.165, 1.54) is 12.1 Å². The highest BCUT2D eigenvalue weighted by Gasteiger charge is 2.55. The smallest absolute Gasteiger partial charge is 0.416 e. The molecule has 7 nitrogen and oxygen atoms in total. The summed E-state index contributed by atoms with van der Waals surface area (Å²) in [6.07, 6.45) is -10.2. The molecule has 0 unspecified atom stereocenters. The van der Waals surface area contributed by atoms with E-state index in [1.54, 1.807) is 30.3 Å². The first-order chi connectivity index (χ1) is 23.0. The Morgan fingerprint density at radius 3 is 2.10 bits per heavy atom. The van der Waals surface area contributed by atoms with Gasteiger partial charge in [-0.2, -0.15) is 26.3 Å². The summed E-state index contributed by atoms with van der Waals surface area (Å²) in [5.74, 6) is -6.28. The van der Waals surface area contributed by atoms with Crippen molar-refractivity contribution in [1.82, 2.24) is 0 Å². The summed E-state index contributed by atoms with van der Waals surface area (Å²) >= 11 is 6.32. The number of hydrogen-bond acceptors (Lipinski definition) is 6. The predicted molar refractivity (Wildman–Crippen MR) is 168 cm³/mol. The van der Waals surface area contributed by atoms with Crippen LogP contribution in [0.25, 0.3) is 11.6 Å². The molecule has 0 radical (unpaired) electrons. The van der Waals surface area contributed by atoms with Crippen LogP contribution in [-0.4, -0.2) is 51.6 Å². The van der Waals surface area contributed by atoms with E-state index < -0.39 is 78.1 Å². The lowest BCUT2D eigenvalue weighted by Crippen LogP contribution is -2.39. The maximum absolute atomic E-state index is 13.7. The van der Waals surface area contributed by atoms with Gasteiger partial charge in [-0.1, -0.05) is 41.9 Å². The Hall–Kier alpha value is -4.17. The van der Waals surface area contributed by atoms with Gasteiger partial charge < -0.3 is 20.4 Å².